The van der Waals surface area contributed by atoms with Gasteiger partial charge in [-0.05, 0) is 62.4 Å². The summed E-state index contributed by atoms with van der Waals surface area (Å²) in [5.41, 5.74) is 1.30. The summed E-state index contributed by atoms with van der Waals surface area (Å²) < 4.78 is 57.8. The topological polar surface area (TPSA) is 141 Å². The number of aromatic nitrogens is 4. The van der Waals surface area contributed by atoms with E-state index in [-0.39, 0.29) is 24.3 Å². The molecular formula is C29H37F3N10O3S. The van der Waals surface area contributed by atoms with Crippen molar-refractivity contribution in [2.75, 3.05) is 56.0 Å². The van der Waals surface area contributed by atoms with Crippen LogP contribution in [0.1, 0.15) is 49.1 Å². The number of imide groups is 1. The zero-order valence-corrected chi connectivity index (χ0v) is 26.2. The molecule has 5 heterocycles. The van der Waals surface area contributed by atoms with Crippen LogP contribution in [0.4, 0.5) is 29.7 Å². The Morgan fingerprint density at radius 1 is 1.02 bits per heavy atom. The molecule has 17 heteroatoms. The van der Waals surface area contributed by atoms with Crippen LogP contribution in [0.15, 0.2) is 30.6 Å². The molecule has 0 spiro atoms. The number of urea groups is 1. The van der Waals surface area contributed by atoms with Gasteiger partial charge in [0, 0.05) is 70.0 Å². The molecule has 1 atom stereocenters. The van der Waals surface area contributed by atoms with E-state index in [2.05, 4.69) is 47.5 Å². The van der Waals surface area contributed by atoms with E-state index in [1.54, 1.807) is 4.68 Å². The van der Waals surface area contributed by atoms with E-state index in [9.17, 15) is 27.0 Å². The molecule has 3 N–H and O–H groups in total. The first kappa shape index (κ1) is 32.3. The first-order valence-corrected chi connectivity index (χ1v) is 16.5. The van der Waals surface area contributed by atoms with Crippen LogP contribution in [-0.2, 0) is 29.2 Å². The highest BCUT2D eigenvalue weighted by Gasteiger charge is 2.32. The van der Waals surface area contributed by atoms with E-state index in [0.717, 1.165) is 55.8 Å². The summed E-state index contributed by atoms with van der Waals surface area (Å²) in [6.45, 7) is 4.70. The summed E-state index contributed by atoms with van der Waals surface area (Å²) in [5.74, 6) is 0.842. The van der Waals surface area contributed by atoms with Gasteiger partial charge in [-0.15, -0.1) is 0 Å². The van der Waals surface area contributed by atoms with Crippen molar-refractivity contribution in [3.63, 3.8) is 0 Å². The molecule has 3 saturated heterocycles. The number of fused-ring (bicyclic) bond motifs is 1. The first-order chi connectivity index (χ1) is 22.0. The highest BCUT2D eigenvalue weighted by atomic mass is 32.2. The van der Waals surface area contributed by atoms with Crippen molar-refractivity contribution in [3.8, 4) is 0 Å². The molecule has 1 aromatic carbocycles. The van der Waals surface area contributed by atoms with Gasteiger partial charge >= 0.3 is 12.2 Å². The Labute approximate surface area is 266 Å². The largest absolute Gasteiger partial charge is 0.419 e. The summed E-state index contributed by atoms with van der Waals surface area (Å²) >= 11 is -1.32. The maximum absolute atomic E-state index is 12.9. The van der Waals surface area contributed by atoms with Gasteiger partial charge in [0.25, 0.3) is 0 Å². The lowest BCUT2D eigenvalue weighted by Gasteiger charge is -2.33. The number of alkyl halides is 3. The van der Waals surface area contributed by atoms with Gasteiger partial charge in [0.15, 0.2) is 17.0 Å². The highest BCUT2D eigenvalue weighted by Crippen LogP contribution is 2.33. The lowest BCUT2D eigenvalue weighted by Crippen LogP contribution is -2.49. The maximum Gasteiger partial charge on any atom is 0.419 e. The molecule has 0 radical (unpaired) electrons. The standard InChI is InChI=1S/C29H37F3N10O3S/c1-39-24-16-20(2-3-23(24)26(38-39)42-14-8-25(43)37-28(42)44)19-4-10-40(11-5-19)15-9-35-46(45)41-12-6-22(7-13-41)36-27-33-17-21(18-34-27)29(30,31)32/h2-3,16-19,22,35H,4-15H2,1H3,(H,33,34,36)(H,37,43,44). The lowest BCUT2D eigenvalue weighted by molar-refractivity contribution is -0.138. The number of halogens is 3. The molecule has 2 aromatic heterocycles. The molecular weight excluding hydrogens is 625 g/mol. The van der Waals surface area contributed by atoms with E-state index >= 15 is 0 Å². The zero-order chi connectivity index (χ0) is 32.4. The van der Waals surface area contributed by atoms with E-state index in [1.165, 1.54) is 10.5 Å². The molecule has 6 rings (SSSR count). The summed E-state index contributed by atoms with van der Waals surface area (Å²) in [6.07, 6.45) is 0.660. The minimum atomic E-state index is -4.47. The number of likely N-dealkylation sites (tertiary alicyclic amines) is 1. The Balaban J connectivity index is 0.920. The second-order valence-corrected chi connectivity index (χ2v) is 13.2. The maximum atomic E-state index is 12.9. The molecule has 46 heavy (non-hydrogen) atoms. The number of carbonyl (C=O) groups is 2. The van der Waals surface area contributed by atoms with Crippen LogP contribution in [0.25, 0.3) is 10.9 Å². The van der Waals surface area contributed by atoms with Crippen molar-refractivity contribution in [3.05, 3.63) is 41.7 Å². The van der Waals surface area contributed by atoms with Crippen molar-refractivity contribution in [1.29, 1.82) is 0 Å². The van der Waals surface area contributed by atoms with Crippen LogP contribution in [0.3, 0.4) is 0 Å². The van der Waals surface area contributed by atoms with Crippen LogP contribution >= 0.6 is 0 Å². The van der Waals surface area contributed by atoms with Crippen LogP contribution in [0, 0.1) is 0 Å². The lowest BCUT2D eigenvalue weighted by atomic mass is 9.89. The third kappa shape index (κ3) is 7.32. The number of hydrogen-bond acceptors (Lipinski definition) is 8. The number of benzene rings is 1. The number of amides is 3. The van der Waals surface area contributed by atoms with E-state index in [0.29, 0.717) is 50.8 Å². The minimum absolute atomic E-state index is 0.00459. The second-order valence-electron chi connectivity index (χ2n) is 11.9. The van der Waals surface area contributed by atoms with Crippen LogP contribution in [0.5, 0.6) is 0 Å². The smallest absolute Gasteiger partial charge is 0.351 e. The second kappa shape index (κ2) is 13.6. The van der Waals surface area contributed by atoms with Gasteiger partial charge in [-0.3, -0.25) is 19.7 Å². The quantitative estimate of drug-likeness (QED) is 0.318. The number of aryl methyl sites for hydroxylation is 1. The van der Waals surface area contributed by atoms with Gasteiger partial charge in [-0.25, -0.2) is 28.0 Å². The summed E-state index contributed by atoms with van der Waals surface area (Å²) in [6, 6.07) is 5.83. The van der Waals surface area contributed by atoms with Crippen molar-refractivity contribution in [2.24, 2.45) is 7.05 Å². The normalized spacial score (nSPS) is 20.3. The number of hydrogen-bond donors (Lipinski definition) is 3. The van der Waals surface area contributed by atoms with Gasteiger partial charge in [0.2, 0.25) is 11.9 Å². The first-order valence-electron chi connectivity index (χ1n) is 15.4. The molecule has 3 fully saturated rings. The summed E-state index contributed by atoms with van der Waals surface area (Å²) in [5, 5.41) is 10.9. The fourth-order valence-corrected chi connectivity index (χ4v) is 7.24. The molecule has 3 amide bonds. The summed E-state index contributed by atoms with van der Waals surface area (Å²) in [4.78, 5) is 35.4. The predicted molar refractivity (Wildman–Crippen MR) is 166 cm³/mol. The van der Waals surface area contributed by atoms with Crippen molar-refractivity contribution >= 4 is 45.8 Å². The highest BCUT2D eigenvalue weighted by molar-refractivity contribution is 7.80. The number of piperidine rings is 2. The molecule has 248 valence electrons. The fourth-order valence-electron chi connectivity index (χ4n) is 6.24. The Kier molecular flexibility index (Phi) is 9.54. The average Bonchev–Trinajstić information content (AvgIpc) is 3.36. The predicted octanol–water partition coefficient (Wildman–Crippen LogP) is 2.75. The number of carbonyl (C=O) groups excluding carboxylic acids is 2. The SMILES string of the molecule is Cn1nc(N2CCC(=O)NC2=O)c2ccc(C3CCN(CCNS(=O)N4CCC(Nc5ncc(C(F)(F)F)cn5)CC4)CC3)cc21. The Morgan fingerprint density at radius 2 is 1.74 bits per heavy atom. The van der Waals surface area contributed by atoms with Crippen molar-refractivity contribution in [1.82, 2.24) is 39.0 Å². The van der Waals surface area contributed by atoms with Gasteiger partial charge in [0.05, 0.1) is 11.1 Å². The molecule has 13 nitrogen and oxygen atoms in total. The molecule has 3 aliphatic rings. The molecule has 1 unspecified atom stereocenters. The monoisotopic (exact) mass is 662 g/mol. The van der Waals surface area contributed by atoms with E-state index < -0.39 is 28.9 Å². The van der Waals surface area contributed by atoms with Crippen molar-refractivity contribution < 1.29 is 27.0 Å². The third-order valence-electron chi connectivity index (χ3n) is 8.88. The molecule has 0 saturated carbocycles. The molecule has 3 aliphatic heterocycles. The van der Waals surface area contributed by atoms with Crippen LogP contribution < -0.4 is 20.3 Å². The zero-order valence-electron chi connectivity index (χ0n) is 25.4. The van der Waals surface area contributed by atoms with Gasteiger partial charge in [-0.2, -0.15) is 18.3 Å². The number of nitrogens with zero attached hydrogens (tertiary/aromatic N) is 7. The van der Waals surface area contributed by atoms with Crippen LogP contribution in [0.2, 0.25) is 0 Å². The van der Waals surface area contributed by atoms with Gasteiger partial charge < -0.3 is 10.2 Å². The number of rotatable bonds is 9. The van der Waals surface area contributed by atoms with Gasteiger partial charge in [-0.1, -0.05) is 6.07 Å². The summed E-state index contributed by atoms with van der Waals surface area (Å²) in [7, 11) is 1.86. The molecule has 0 bridgehead atoms. The number of anilines is 2. The van der Waals surface area contributed by atoms with E-state index in [4.69, 9.17) is 0 Å². The van der Waals surface area contributed by atoms with Gasteiger partial charge in [0.1, 0.15) is 0 Å². The Bertz CT molecular complexity index is 1590. The van der Waals surface area contributed by atoms with Crippen LogP contribution in [-0.4, -0.2) is 97.0 Å². The van der Waals surface area contributed by atoms with E-state index in [1.807, 2.05) is 17.4 Å². The Hall–Kier alpha value is -3.67. The number of nitrogens with one attached hydrogen (secondary N) is 3. The molecule has 0 aliphatic carbocycles. The average molecular weight is 663 g/mol. The molecule has 3 aromatic rings. The minimum Gasteiger partial charge on any atom is -0.351 e. The third-order valence-corrected chi connectivity index (χ3v) is 10.2. The fraction of sp³-hybridized carbons (Fsp3) is 0.552. The Morgan fingerprint density at radius 3 is 2.41 bits per heavy atom. The van der Waals surface area contributed by atoms with Crippen molar-refractivity contribution in [2.45, 2.75) is 50.2 Å².